The zero-order valence-corrected chi connectivity index (χ0v) is 14.3. The largest absolute Gasteiger partial charge is 0.283 e. The van der Waals surface area contributed by atoms with E-state index in [-0.39, 0.29) is 5.56 Å². The molecule has 0 aliphatic rings. The first-order chi connectivity index (χ1) is 11.2. The minimum atomic E-state index is -0.0354. The number of nitrogens with zero attached hydrogens (tertiary/aromatic N) is 6. The summed E-state index contributed by atoms with van der Waals surface area (Å²) >= 11 is 2.93. The summed E-state index contributed by atoms with van der Waals surface area (Å²) in [7, 11) is 0. The van der Waals surface area contributed by atoms with Crippen molar-refractivity contribution in [3.8, 4) is 0 Å². The third-order valence-corrected chi connectivity index (χ3v) is 5.01. The molecule has 120 valence electrons. The van der Waals surface area contributed by atoms with Crippen LogP contribution in [0, 0.1) is 0 Å². The summed E-state index contributed by atoms with van der Waals surface area (Å²) in [4.78, 5) is 17.9. The van der Waals surface area contributed by atoms with E-state index >= 15 is 0 Å². The van der Waals surface area contributed by atoms with Crippen LogP contribution in [-0.2, 0) is 18.8 Å². The lowest BCUT2D eigenvalue weighted by atomic mass is 10.4. The zero-order chi connectivity index (χ0) is 16.2. The Kier molecular flexibility index (Phi) is 4.87. The maximum absolute atomic E-state index is 12.6. The van der Waals surface area contributed by atoms with E-state index in [4.69, 9.17) is 0 Å². The molecule has 0 unspecified atom stereocenters. The smallest absolute Gasteiger partial charge is 0.263 e. The molecule has 7 nitrogen and oxygen atoms in total. The van der Waals surface area contributed by atoms with E-state index in [0.29, 0.717) is 22.8 Å². The lowest BCUT2D eigenvalue weighted by Crippen LogP contribution is -2.22. The normalized spacial score (nSPS) is 11.2. The van der Waals surface area contributed by atoms with Gasteiger partial charge in [0.1, 0.15) is 4.83 Å². The summed E-state index contributed by atoms with van der Waals surface area (Å²) < 4.78 is 3.42. The lowest BCUT2D eigenvalue weighted by molar-refractivity contribution is 0.564. The van der Waals surface area contributed by atoms with E-state index < -0.39 is 0 Å². The maximum atomic E-state index is 12.6. The van der Waals surface area contributed by atoms with E-state index in [1.165, 1.54) is 23.1 Å². The Hall–Kier alpha value is -2.00. The molecule has 0 radical (unpaired) electrons. The van der Waals surface area contributed by atoms with Crippen LogP contribution in [0.2, 0.25) is 0 Å². The van der Waals surface area contributed by atoms with Crippen LogP contribution in [0.15, 0.2) is 34.1 Å². The van der Waals surface area contributed by atoms with E-state index in [0.717, 1.165) is 23.6 Å². The number of allylic oxidation sites excluding steroid dienone is 1. The van der Waals surface area contributed by atoms with Crippen molar-refractivity contribution in [3.05, 3.63) is 40.3 Å². The molecule has 3 heterocycles. The van der Waals surface area contributed by atoms with Gasteiger partial charge in [-0.15, -0.1) is 23.0 Å². The molecule has 9 heteroatoms. The first kappa shape index (κ1) is 15.9. The summed E-state index contributed by atoms with van der Waals surface area (Å²) in [6.45, 7) is 7.01. The Bertz CT molecular complexity index is 881. The molecular formula is C14H16N6OS2. The molecule has 3 rings (SSSR count). The minimum Gasteiger partial charge on any atom is -0.283 e. The van der Waals surface area contributed by atoms with Crippen LogP contribution in [0.4, 0.5) is 0 Å². The fourth-order valence-electron chi connectivity index (χ4n) is 2.17. The molecule has 0 aliphatic heterocycles. The molecule has 0 saturated carbocycles. The number of tetrazole rings is 1. The third-order valence-electron chi connectivity index (χ3n) is 3.23. The van der Waals surface area contributed by atoms with Crippen LogP contribution in [0.1, 0.15) is 19.2 Å². The van der Waals surface area contributed by atoms with E-state index in [1.54, 1.807) is 15.3 Å². The van der Waals surface area contributed by atoms with Gasteiger partial charge >= 0.3 is 0 Å². The third kappa shape index (κ3) is 3.20. The van der Waals surface area contributed by atoms with Gasteiger partial charge in [-0.3, -0.25) is 9.36 Å². The zero-order valence-electron chi connectivity index (χ0n) is 12.7. The number of hydrogen-bond donors (Lipinski definition) is 0. The molecule has 0 aliphatic carbocycles. The maximum Gasteiger partial charge on any atom is 0.263 e. The van der Waals surface area contributed by atoms with Crippen LogP contribution >= 0.6 is 23.1 Å². The molecule has 0 aromatic carbocycles. The van der Waals surface area contributed by atoms with Crippen molar-refractivity contribution in [1.29, 1.82) is 0 Å². The molecule has 23 heavy (non-hydrogen) atoms. The molecule has 0 bridgehead atoms. The van der Waals surface area contributed by atoms with Crippen molar-refractivity contribution in [2.45, 2.75) is 37.3 Å². The first-order valence-corrected chi connectivity index (χ1v) is 9.08. The van der Waals surface area contributed by atoms with Gasteiger partial charge in [-0.2, -0.15) is 0 Å². The molecule has 0 saturated heterocycles. The lowest BCUT2D eigenvalue weighted by Gasteiger charge is -2.09. The topological polar surface area (TPSA) is 78.5 Å². The van der Waals surface area contributed by atoms with Gasteiger partial charge in [-0.05, 0) is 28.3 Å². The highest BCUT2D eigenvalue weighted by Crippen LogP contribution is 2.23. The Labute approximate surface area is 141 Å². The van der Waals surface area contributed by atoms with Crippen molar-refractivity contribution in [3.63, 3.8) is 0 Å². The quantitative estimate of drug-likeness (QED) is 0.370. The molecule has 0 fully saturated rings. The van der Waals surface area contributed by atoms with Crippen LogP contribution in [0.5, 0.6) is 0 Å². The number of aromatic nitrogens is 6. The summed E-state index contributed by atoms with van der Waals surface area (Å²) in [6, 6.07) is 1.81. The van der Waals surface area contributed by atoms with Crippen molar-refractivity contribution in [2.24, 2.45) is 0 Å². The minimum absolute atomic E-state index is 0.0354. The monoisotopic (exact) mass is 348 g/mol. The van der Waals surface area contributed by atoms with E-state index in [1.807, 2.05) is 11.4 Å². The summed E-state index contributed by atoms with van der Waals surface area (Å²) in [5, 5.41) is 14.9. The Balaban J connectivity index is 1.92. The molecule has 0 amide bonds. The number of fused-ring (bicyclic) bond motifs is 1. The first-order valence-electron chi connectivity index (χ1n) is 7.21. The fraction of sp³-hybridized carbons (Fsp3) is 0.357. The Morgan fingerprint density at radius 3 is 3.13 bits per heavy atom. The van der Waals surface area contributed by atoms with Crippen LogP contribution in [0.3, 0.4) is 0 Å². The standard InChI is InChI=1S/C14H16N6OS2/c1-3-6-19-13(21)10-5-8-22-12(10)15-14(19)23-9-11-16-17-18-20(11)7-4-2/h3,5,8H,1,4,6-7,9H2,2H3. The van der Waals surface area contributed by atoms with Crippen LogP contribution in [-0.4, -0.2) is 29.8 Å². The fourth-order valence-corrected chi connectivity index (χ4v) is 3.92. The number of thiophene rings is 1. The SMILES string of the molecule is C=CCn1c(SCc2nnnn2CCC)nc2sccc2c1=O. The van der Waals surface area contributed by atoms with Gasteiger partial charge in [0, 0.05) is 13.1 Å². The van der Waals surface area contributed by atoms with Crippen molar-refractivity contribution in [2.75, 3.05) is 0 Å². The number of rotatable bonds is 7. The predicted octanol–water partition coefficient (Wildman–Crippen LogP) is 2.33. The van der Waals surface area contributed by atoms with Gasteiger partial charge in [0.15, 0.2) is 11.0 Å². The highest BCUT2D eigenvalue weighted by molar-refractivity contribution is 7.98. The second-order valence-corrected chi connectivity index (χ2v) is 6.68. The number of thioether (sulfide) groups is 1. The predicted molar refractivity (Wildman–Crippen MR) is 91.7 cm³/mol. The van der Waals surface area contributed by atoms with Crippen molar-refractivity contribution in [1.82, 2.24) is 29.8 Å². The van der Waals surface area contributed by atoms with Gasteiger partial charge in [0.2, 0.25) is 0 Å². The Morgan fingerprint density at radius 2 is 2.35 bits per heavy atom. The number of aryl methyl sites for hydroxylation is 1. The summed E-state index contributed by atoms with van der Waals surface area (Å²) in [5.74, 6) is 1.34. The second-order valence-electron chi connectivity index (χ2n) is 4.85. The molecule has 0 N–H and O–H groups in total. The highest BCUT2D eigenvalue weighted by atomic mass is 32.2. The van der Waals surface area contributed by atoms with Crippen molar-refractivity contribution >= 4 is 33.3 Å². The second kappa shape index (κ2) is 7.05. The Morgan fingerprint density at radius 1 is 1.48 bits per heavy atom. The van der Waals surface area contributed by atoms with Gasteiger partial charge in [0.05, 0.1) is 11.1 Å². The van der Waals surface area contributed by atoms with E-state index in [9.17, 15) is 4.79 Å². The van der Waals surface area contributed by atoms with Gasteiger partial charge < -0.3 is 0 Å². The molecule has 3 aromatic rings. The molecule has 0 atom stereocenters. The van der Waals surface area contributed by atoms with Crippen LogP contribution in [0.25, 0.3) is 10.2 Å². The van der Waals surface area contributed by atoms with Gasteiger partial charge in [-0.1, -0.05) is 24.8 Å². The summed E-state index contributed by atoms with van der Waals surface area (Å²) in [5.41, 5.74) is -0.0354. The van der Waals surface area contributed by atoms with E-state index in [2.05, 4.69) is 34.0 Å². The summed E-state index contributed by atoms with van der Waals surface area (Å²) in [6.07, 6.45) is 2.66. The van der Waals surface area contributed by atoms with Gasteiger partial charge in [-0.25, -0.2) is 9.67 Å². The number of hydrogen-bond acceptors (Lipinski definition) is 7. The van der Waals surface area contributed by atoms with Crippen molar-refractivity contribution < 1.29 is 0 Å². The molecular weight excluding hydrogens is 332 g/mol. The highest BCUT2D eigenvalue weighted by Gasteiger charge is 2.13. The average Bonchev–Trinajstić information content (AvgIpc) is 3.18. The van der Waals surface area contributed by atoms with Gasteiger partial charge in [0.25, 0.3) is 5.56 Å². The average molecular weight is 348 g/mol. The van der Waals surface area contributed by atoms with Crippen LogP contribution < -0.4 is 5.56 Å². The molecule has 3 aromatic heterocycles. The molecule has 0 spiro atoms.